The molecule has 0 aliphatic rings. The number of anilines is 1. The fraction of sp³-hybridized carbons (Fsp3) is 0.167. The van der Waals surface area contributed by atoms with Crippen LogP contribution < -0.4 is 15.6 Å². The number of hydrogen-bond donors (Lipinski definition) is 3. The van der Waals surface area contributed by atoms with Crippen LogP contribution in [0.5, 0.6) is 5.75 Å². The molecule has 1 aromatic heterocycles. The summed E-state index contributed by atoms with van der Waals surface area (Å²) in [6.45, 7) is 1.90. The second-order valence-electron chi connectivity index (χ2n) is 4.04. The molecule has 1 aromatic carbocycles. The Kier molecular flexibility index (Phi) is 4.72. The highest BCUT2D eigenvalue weighted by atomic mass is 32.1. The maximum Gasteiger partial charge on any atom is 0.488 e. The van der Waals surface area contributed by atoms with Gasteiger partial charge in [0.05, 0.1) is 19.0 Å². The van der Waals surface area contributed by atoms with Gasteiger partial charge in [-0.3, -0.25) is 5.43 Å². The van der Waals surface area contributed by atoms with Gasteiger partial charge in [-0.1, -0.05) is 6.07 Å². The minimum absolute atomic E-state index is 0.373. The first-order valence-corrected chi connectivity index (χ1v) is 6.73. The van der Waals surface area contributed by atoms with E-state index in [1.54, 1.807) is 31.5 Å². The van der Waals surface area contributed by atoms with Crippen molar-refractivity contribution in [3.8, 4) is 5.75 Å². The van der Waals surface area contributed by atoms with E-state index in [2.05, 4.69) is 15.5 Å². The Morgan fingerprint density at radius 1 is 1.45 bits per heavy atom. The number of ether oxygens (including phenoxy) is 1. The van der Waals surface area contributed by atoms with Gasteiger partial charge >= 0.3 is 7.12 Å². The monoisotopic (exact) mass is 291 g/mol. The standard InChI is InChI=1S/C12H14BN3O3S/c1-8-7-20-12(15-8)16-14-6-9-5-10(13(17)18)3-4-11(9)19-2/h3-7,17-18H,1-2H3,(H,15,16). The van der Waals surface area contributed by atoms with Crippen molar-refractivity contribution in [2.75, 3.05) is 12.5 Å². The van der Waals surface area contributed by atoms with E-state index in [0.29, 0.717) is 21.9 Å². The van der Waals surface area contributed by atoms with Gasteiger partial charge in [0.1, 0.15) is 5.75 Å². The quantitative estimate of drug-likeness (QED) is 0.426. The van der Waals surface area contributed by atoms with E-state index in [1.165, 1.54) is 11.3 Å². The van der Waals surface area contributed by atoms with Crippen molar-refractivity contribution in [1.29, 1.82) is 0 Å². The number of nitrogens with one attached hydrogen (secondary N) is 1. The molecule has 8 heteroatoms. The first-order valence-electron chi connectivity index (χ1n) is 5.85. The number of hydrogen-bond acceptors (Lipinski definition) is 7. The summed E-state index contributed by atoms with van der Waals surface area (Å²) < 4.78 is 5.19. The van der Waals surface area contributed by atoms with E-state index < -0.39 is 7.12 Å². The SMILES string of the molecule is COc1ccc(B(O)O)cc1C=NNc1nc(C)cs1. The molecule has 1 heterocycles. The second kappa shape index (κ2) is 6.51. The number of aryl methyl sites for hydroxylation is 1. The summed E-state index contributed by atoms with van der Waals surface area (Å²) in [5, 5.41) is 25.0. The van der Waals surface area contributed by atoms with Crippen LogP contribution in [0, 0.1) is 6.92 Å². The average molecular weight is 291 g/mol. The molecule has 0 saturated heterocycles. The number of thiazole rings is 1. The lowest BCUT2D eigenvalue weighted by Crippen LogP contribution is -2.30. The normalized spacial score (nSPS) is 10.8. The van der Waals surface area contributed by atoms with Crippen molar-refractivity contribution in [3.63, 3.8) is 0 Å². The third-order valence-electron chi connectivity index (χ3n) is 2.53. The summed E-state index contributed by atoms with van der Waals surface area (Å²) in [6, 6.07) is 4.84. The molecule has 0 fully saturated rings. The summed E-state index contributed by atoms with van der Waals surface area (Å²) >= 11 is 1.46. The van der Waals surface area contributed by atoms with Crippen LogP contribution in [-0.2, 0) is 0 Å². The highest BCUT2D eigenvalue weighted by Gasteiger charge is 2.12. The van der Waals surface area contributed by atoms with Gasteiger partial charge in [-0.05, 0) is 24.5 Å². The zero-order valence-corrected chi connectivity index (χ0v) is 11.9. The molecule has 0 radical (unpaired) electrons. The maximum atomic E-state index is 9.16. The van der Waals surface area contributed by atoms with Crippen LogP contribution in [0.25, 0.3) is 0 Å². The van der Waals surface area contributed by atoms with E-state index in [1.807, 2.05) is 12.3 Å². The Bertz CT molecular complexity index is 616. The van der Waals surface area contributed by atoms with E-state index in [0.717, 1.165) is 5.69 Å². The summed E-state index contributed by atoms with van der Waals surface area (Å²) in [5.74, 6) is 0.593. The van der Waals surface area contributed by atoms with Crippen LogP contribution >= 0.6 is 11.3 Å². The van der Waals surface area contributed by atoms with Gasteiger partial charge in [0.2, 0.25) is 5.13 Å². The molecule has 20 heavy (non-hydrogen) atoms. The van der Waals surface area contributed by atoms with Crippen molar-refractivity contribution in [2.45, 2.75) is 6.92 Å². The molecule has 0 aliphatic heterocycles. The van der Waals surface area contributed by atoms with E-state index >= 15 is 0 Å². The molecule has 2 aromatic rings. The van der Waals surface area contributed by atoms with Gasteiger partial charge in [-0.15, -0.1) is 11.3 Å². The third kappa shape index (κ3) is 3.56. The van der Waals surface area contributed by atoms with Crippen LogP contribution in [-0.4, -0.2) is 35.5 Å². The highest BCUT2D eigenvalue weighted by Crippen LogP contribution is 2.16. The lowest BCUT2D eigenvalue weighted by molar-refractivity contribution is 0.413. The summed E-state index contributed by atoms with van der Waals surface area (Å²) in [7, 11) is 0.0157. The highest BCUT2D eigenvalue weighted by molar-refractivity contribution is 7.13. The van der Waals surface area contributed by atoms with Crippen molar-refractivity contribution in [2.24, 2.45) is 5.10 Å². The number of benzene rings is 1. The van der Waals surface area contributed by atoms with Crippen LogP contribution in [0.15, 0.2) is 28.7 Å². The molecule has 6 nitrogen and oxygen atoms in total. The topological polar surface area (TPSA) is 87.0 Å². The molecule has 0 amide bonds. The second-order valence-corrected chi connectivity index (χ2v) is 4.90. The smallest absolute Gasteiger partial charge is 0.488 e. The minimum atomic E-state index is -1.53. The number of nitrogens with zero attached hydrogens (tertiary/aromatic N) is 2. The largest absolute Gasteiger partial charge is 0.496 e. The lowest BCUT2D eigenvalue weighted by Gasteiger charge is -2.06. The van der Waals surface area contributed by atoms with Crippen LogP contribution in [0.3, 0.4) is 0 Å². The molecule has 0 saturated carbocycles. The Morgan fingerprint density at radius 3 is 2.85 bits per heavy atom. The van der Waals surface area contributed by atoms with Crippen LogP contribution in [0.4, 0.5) is 5.13 Å². The molecule has 0 atom stereocenters. The molecular formula is C12H14BN3O3S. The zero-order valence-electron chi connectivity index (χ0n) is 11.1. The van der Waals surface area contributed by atoms with Gasteiger partial charge in [-0.25, -0.2) is 4.98 Å². The molecule has 0 bridgehead atoms. The predicted octanol–water partition coefficient (Wildman–Crippen LogP) is 0.586. The fourth-order valence-electron chi connectivity index (χ4n) is 1.58. The lowest BCUT2D eigenvalue weighted by atomic mass is 9.79. The first kappa shape index (κ1) is 14.5. The zero-order chi connectivity index (χ0) is 14.5. The predicted molar refractivity (Wildman–Crippen MR) is 80.9 cm³/mol. The summed E-state index contributed by atoms with van der Waals surface area (Å²) in [6.07, 6.45) is 1.54. The average Bonchev–Trinajstić information content (AvgIpc) is 2.84. The summed E-state index contributed by atoms with van der Waals surface area (Å²) in [4.78, 5) is 4.21. The van der Waals surface area contributed by atoms with Crippen molar-refractivity contribution in [3.05, 3.63) is 34.8 Å². The third-order valence-corrected chi connectivity index (χ3v) is 3.40. The Hall–Kier alpha value is -1.90. The minimum Gasteiger partial charge on any atom is -0.496 e. The molecule has 0 aliphatic carbocycles. The van der Waals surface area contributed by atoms with Gasteiger partial charge < -0.3 is 14.8 Å². The molecule has 0 spiro atoms. The Labute approximate surface area is 120 Å². The number of rotatable bonds is 5. The van der Waals surface area contributed by atoms with Crippen LogP contribution in [0.2, 0.25) is 0 Å². The molecule has 104 valence electrons. The van der Waals surface area contributed by atoms with E-state index in [9.17, 15) is 0 Å². The molecule has 0 unspecified atom stereocenters. The van der Waals surface area contributed by atoms with Gasteiger partial charge in [0, 0.05) is 10.9 Å². The fourth-order valence-corrected chi connectivity index (χ4v) is 2.21. The summed E-state index contributed by atoms with van der Waals surface area (Å²) in [5.41, 5.74) is 4.75. The maximum absolute atomic E-state index is 9.16. The number of hydrazone groups is 1. The first-order chi connectivity index (χ1) is 9.60. The van der Waals surface area contributed by atoms with Gasteiger partial charge in [0.15, 0.2) is 0 Å². The Morgan fingerprint density at radius 2 is 2.25 bits per heavy atom. The number of aromatic nitrogens is 1. The molecular weight excluding hydrogens is 277 g/mol. The Balaban J connectivity index is 2.16. The van der Waals surface area contributed by atoms with Gasteiger partial charge in [-0.2, -0.15) is 5.10 Å². The van der Waals surface area contributed by atoms with Gasteiger partial charge in [0.25, 0.3) is 0 Å². The molecule has 2 rings (SSSR count). The van der Waals surface area contributed by atoms with Crippen molar-refractivity contribution >= 4 is 35.3 Å². The number of methoxy groups -OCH3 is 1. The van der Waals surface area contributed by atoms with E-state index in [-0.39, 0.29) is 0 Å². The van der Waals surface area contributed by atoms with Crippen LogP contribution in [0.1, 0.15) is 11.3 Å². The van der Waals surface area contributed by atoms with Crippen molar-refractivity contribution < 1.29 is 14.8 Å². The van der Waals surface area contributed by atoms with E-state index in [4.69, 9.17) is 14.8 Å². The molecule has 3 N–H and O–H groups in total. The van der Waals surface area contributed by atoms with Crippen molar-refractivity contribution in [1.82, 2.24) is 4.98 Å².